The second-order valence-corrected chi connectivity index (χ2v) is 4.54. The van der Waals surface area contributed by atoms with Gasteiger partial charge in [-0.2, -0.15) is 5.10 Å². The van der Waals surface area contributed by atoms with E-state index in [1.54, 1.807) is 16.9 Å². The fourth-order valence-corrected chi connectivity index (χ4v) is 2.14. The number of aromatic nitrogens is 3. The third-order valence-electron chi connectivity index (χ3n) is 2.54. The lowest BCUT2D eigenvalue weighted by Gasteiger charge is -2.05. The van der Waals surface area contributed by atoms with Gasteiger partial charge < -0.3 is 5.73 Å². The van der Waals surface area contributed by atoms with Gasteiger partial charge in [0, 0.05) is 17.4 Å². The Labute approximate surface area is 106 Å². The van der Waals surface area contributed by atoms with Gasteiger partial charge in [-0.3, -0.25) is 0 Å². The minimum Gasteiger partial charge on any atom is -0.399 e. The van der Waals surface area contributed by atoms with Crippen molar-refractivity contribution in [1.82, 2.24) is 14.6 Å². The van der Waals surface area contributed by atoms with Crippen LogP contribution < -0.4 is 5.73 Å². The van der Waals surface area contributed by atoms with Gasteiger partial charge in [-0.1, -0.05) is 12.1 Å². The summed E-state index contributed by atoms with van der Waals surface area (Å²) in [6, 6.07) is 9.63. The highest BCUT2D eigenvalue weighted by Gasteiger charge is 2.08. The molecule has 3 rings (SSSR count). The van der Waals surface area contributed by atoms with Crippen molar-refractivity contribution in [2.75, 3.05) is 5.73 Å². The molecule has 2 N–H and O–H groups in total. The maximum atomic E-state index is 5.79. The van der Waals surface area contributed by atoms with E-state index >= 15 is 0 Å². The van der Waals surface area contributed by atoms with E-state index in [1.165, 1.54) is 0 Å². The lowest BCUT2D eigenvalue weighted by Crippen LogP contribution is -1.96. The molecule has 84 valence electrons. The topological polar surface area (TPSA) is 56.2 Å². The fraction of sp³-hybridized carbons (Fsp3) is 0. The van der Waals surface area contributed by atoms with Gasteiger partial charge in [0.2, 0.25) is 0 Å². The van der Waals surface area contributed by atoms with Crippen LogP contribution in [0.4, 0.5) is 5.69 Å². The zero-order valence-corrected chi connectivity index (χ0v) is 10.4. The molecule has 17 heavy (non-hydrogen) atoms. The standard InChI is InChI=1S/C12H9BrN4/c13-10-7-16-17-11(4-5-15-12(10)17)8-2-1-3-9(14)6-8/h1-7H,14H2. The number of hydrogen-bond acceptors (Lipinski definition) is 3. The Morgan fingerprint density at radius 2 is 2.12 bits per heavy atom. The number of halogens is 1. The summed E-state index contributed by atoms with van der Waals surface area (Å²) in [5.74, 6) is 0. The van der Waals surface area contributed by atoms with E-state index in [0.717, 1.165) is 27.1 Å². The maximum Gasteiger partial charge on any atom is 0.169 e. The van der Waals surface area contributed by atoms with Crippen LogP contribution in [-0.4, -0.2) is 14.6 Å². The van der Waals surface area contributed by atoms with Crippen molar-refractivity contribution in [3.05, 3.63) is 47.2 Å². The molecule has 0 radical (unpaired) electrons. The zero-order valence-electron chi connectivity index (χ0n) is 8.84. The number of benzene rings is 1. The number of anilines is 1. The summed E-state index contributed by atoms with van der Waals surface area (Å²) >= 11 is 3.42. The van der Waals surface area contributed by atoms with Crippen molar-refractivity contribution in [2.45, 2.75) is 0 Å². The zero-order chi connectivity index (χ0) is 11.8. The van der Waals surface area contributed by atoms with E-state index in [2.05, 4.69) is 26.0 Å². The van der Waals surface area contributed by atoms with Crippen LogP contribution in [0.15, 0.2) is 47.2 Å². The Hall–Kier alpha value is -1.88. The Bertz CT molecular complexity index is 690. The first-order chi connectivity index (χ1) is 8.25. The van der Waals surface area contributed by atoms with Crippen LogP contribution in [0.1, 0.15) is 0 Å². The van der Waals surface area contributed by atoms with Crippen LogP contribution in [0.3, 0.4) is 0 Å². The summed E-state index contributed by atoms with van der Waals surface area (Å²) in [7, 11) is 0. The van der Waals surface area contributed by atoms with Gasteiger partial charge in [0.15, 0.2) is 5.65 Å². The predicted octanol–water partition coefficient (Wildman–Crippen LogP) is 2.74. The Morgan fingerprint density at radius 1 is 1.24 bits per heavy atom. The van der Waals surface area contributed by atoms with Crippen LogP contribution >= 0.6 is 15.9 Å². The molecule has 0 aliphatic heterocycles. The predicted molar refractivity (Wildman–Crippen MR) is 70.5 cm³/mol. The van der Waals surface area contributed by atoms with E-state index in [9.17, 15) is 0 Å². The Kier molecular flexibility index (Phi) is 2.33. The van der Waals surface area contributed by atoms with E-state index in [0.29, 0.717) is 0 Å². The first-order valence-corrected chi connectivity index (χ1v) is 5.89. The van der Waals surface area contributed by atoms with Crippen molar-refractivity contribution >= 4 is 27.3 Å². The third-order valence-corrected chi connectivity index (χ3v) is 3.10. The quantitative estimate of drug-likeness (QED) is 0.701. The number of hydrogen-bond donors (Lipinski definition) is 1. The average molecular weight is 289 g/mol. The summed E-state index contributed by atoms with van der Waals surface area (Å²) in [6.07, 6.45) is 3.50. The highest BCUT2D eigenvalue weighted by atomic mass is 79.9. The molecule has 0 unspecified atom stereocenters. The highest BCUT2D eigenvalue weighted by Crippen LogP contribution is 2.24. The number of nitrogen functional groups attached to an aromatic ring is 1. The minimum absolute atomic E-state index is 0.735. The highest BCUT2D eigenvalue weighted by molar-refractivity contribution is 9.10. The molecule has 0 fully saturated rings. The number of fused-ring (bicyclic) bond motifs is 1. The number of nitrogens with two attached hydrogens (primary N) is 1. The molecule has 0 aliphatic carbocycles. The van der Waals surface area contributed by atoms with Crippen LogP contribution in [0.2, 0.25) is 0 Å². The van der Waals surface area contributed by atoms with Gasteiger partial charge in [-0.15, -0.1) is 0 Å². The first kappa shape index (κ1) is 10.3. The second-order valence-electron chi connectivity index (χ2n) is 3.68. The lowest BCUT2D eigenvalue weighted by molar-refractivity contribution is 0.948. The molecule has 0 amide bonds. The average Bonchev–Trinajstić information content (AvgIpc) is 2.71. The van der Waals surface area contributed by atoms with Gasteiger partial charge in [0.05, 0.1) is 16.4 Å². The Morgan fingerprint density at radius 3 is 2.94 bits per heavy atom. The van der Waals surface area contributed by atoms with Gasteiger partial charge >= 0.3 is 0 Å². The fourth-order valence-electron chi connectivity index (χ4n) is 1.78. The molecule has 0 spiro atoms. The molecule has 2 heterocycles. The van der Waals surface area contributed by atoms with Crippen molar-refractivity contribution < 1.29 is 0 Å². The SMILES string of the molecule is Nc1cccc(-c2ccnc3c(Br)cnn23)c1. The van der Waals surface area contributed by atoms with E-state index in [-0.39, 0.29) is 0 Å². The molecule has 0 saturated heterocycles. The molecular formula is C12H9BrN4. The van der Waals surface area contributed by atoms with Gasteiger partial charge in [-0.05, 0) is 34.1 Å². The molecule has 4 nitrogen and oxygen atoms in total. The van der Waals surface area contributed by atoms with Crippen molar-refractivity contribution in [3.8, 4) is 11.3 Å². The van der Waals surface area contributed by atoms with E-state index in [4.69, 9.17) is 5.73 Å². The van der Waals surface area contributed by atoms with Crippen LogP contribution in [-0.2, 0) is 0 Å². The molecule has 0 aliphatic rings. The van der Waals surface area contributed by atoms with Crippen molar-refractivity contribution in [1.29, 1.82) is 0 Å². The molecule has 5 heteroatoms. The second kappa shape index (κ2) is 3.85. The minimum atomic E-state index is 0.735. The van der Waals surface area contributed by atoms with Crippen LogP contribution in [0.5, 0.6) is 0 Å². The van der Waals surface area contributed by atoms with Crippen molar-refractivity contribution in [3.63, 3.8) is 0 Å². The molecular weight excluding hydrogens is 280 g/mol. The van der Waals surface area contributed by atoms with E-state index in [1.807, 2.05) is 30.3 Å². The van der Waals surface area contributed by atoms with E-state index < -0.39 is 0 Å². The van der Waals surface area contributed by atoms with Crippen LogP contribution in [0.25, 0.3) is 16.9 Å². The first-order valence-electron chi connectivity index (χ1n) is 5.10. The monoisotopic (exact) mass is 288 g/mol. The molecule has 3 aromatic rings. The maximum absolute atomic E-state index is 5.79. The molecule has 2 aromatic heterocycles. The number of nitrogens with zero attached hydrogens (tertiary/aromatic N) is 3. The normalized spacial score (nSPS) is 10.9. The third kappa shape index (κ3) is 1.68. The summed E-state index contributed by atoms with van der Waals surface area (Å²) in [6.45, 7) is 0. The molecule has 0 atom stereocenters. The molecule has 1 aromatic carbocycles. The van der Waals surface area contributed by atoms with Gasteiger partial charge in [-0.25, -0.2) is 9.50 Å². The van der Waals surface area contributed by atoms with Gasteiger partial charge in [0.1, 0.15) is 0 Å². The summed E-state index contributed by atoms with van der Waals surface area (Å²) in [4.78, 5) is 4.27. The van der Waals surface area contributed by atoms with Crippen LogP contribution in [0, 0.1) is 0 Å². The van der Waals surface area contributed by atoms with Crippen molar-refractivity contribution in [2.24, 2.45) is 0 Å². The largest absolute Gasteiger partial charge is 0.399 e. The Balaban J connectivity index is 2.30. The smallest absolute Gasteiger partial charge is 0.169 e. The summed E-state index contributed by atoms with van der Waals surface area (Å²) < 4.78 is 2.67. The summed E-state index contributed by atoms with van der Waals surface area (Å²) in [5, 5.41) is 4.29. The number of rotatable bonds is 1. The lowest BCUT2D eigenvalue weighted by atomic mass is 10.1. The van der Waals surface area contributed by atoms with Gasteiger partial charge in [0.25, 0.3) is 0 Å². The molecule has 0 bridgehead atoms. The summed E-state index contributed by atoms with van der Waals surface area (Å²) in [5.41, 5.74) is 9.31. The molecule has 0 saturated carbocycles.